The fraction of sp³-hybridized carbons (Fsp3) is 0.222. The summed E-state index contributed by atoms with van der Waals surface area (Å²) >= 11 is 0. The van der Waals surface area contributed by atoms with Crippen molar-refractivity contribution in [2.75, 3.05) is 7.11 Å². The molecule has 0 radical (unpaired) electrons. The molecule has 0 bridgehead atoms. The van der Waals surface area contributed by atoms with Gasteiger partial charge in [0.1, 0.15) is 5.75 Å². The molecule has 0 heterocycles. The van der Waals surface area contributed by atoms with Gasteiger partial charge in [-0.3, -0.25) is 10.1 Å². The van der Waals surface area contributed by atoms with Crippen LogP contribution in [0.3, 0.4) is 0 Å². The summed E-state index contributed by atoms with van der Waals surface area (Å²) in [5, 5.41) is 10.5. The SMILES string of the molecule is COC(=O)Oc1ccc([N+](=O)[O-])c(C)c1. The predicted molar refractivity (Wildman–Crippen MR) is 50.9 cm³/mol. The molecule has 0 aliphatic rings. The van der Waals surface area contributed by atoms with Crippen LogP contribution in [-0.4, -0.2) is 18.2 Å². The van der Waals surface area contributed by atoms with Crippen LogP contribution in [0.15, 0.2) is 18.2 Å². The highest BCUT2D eigenvalue weighted by Crippen LogP contribution is 2.23. The second-order valence-corrected chi connectivity index (χ2v) is 2.76. The van der Waals surface area contributed by atoms with Crippen molar-refractivity contribution in [2.45, 2.75) is 6.92 Å². The lowest BCUT2D eigenvalue weighted by Gasteiger charge is -2.03. The Morgan fingerprint density at radius 2 is 2.13 bits per heavy atom. The van der Waals surface area contributed by atoms with E-state index in [9.17, 15) is 14.9 Å². The van der Waals surface area contributed by atoms with Gasteiger partial charge in [0.25, 0.3) is 5.69 Å². The summed E-state index contributed by atoms with van der Waals surface area (Å²) in [6.07, 6.45) is -0.858. The van der Waals surface area contributed by atoms with E-state index in [4.69, 9.17) is 4.74 Å². The van der Waals surface area contributed by atoms with Crippen molar-refractivity contribution in [3.8, 4) is 5.75 Å². The molecule has 0 fully saturated rings. The molecule has 0 aliphatic heterocycles. The van der Waals surface area contributed by atoms with Gasteiger partial charge in [-0.2, -0.15) is 0 Å². The summed E-state index contributed by atoms with van der Waals surface area (Å²) in [7, 11) is 1.18. The third-order valence-corrected chi connectivity index (χ3v) is 1.73. The lowest BCUT2D eigenvalue weighted by molar-refractivity contribution is -0.385. The first-order chi connectivity index (χ1) is 7.04. The fourth-order valence-corrected chi connectivity index (χ4v) is 1.03. The van der Waals surface area contributed by atoms with Crippen LogP contribution in [0.5, 0.6) is 5.75 Å². The maximum absolute atomic E-state index is 10.7. The third-order valence-electron chi connectivity index (χ3n) is 1.73. The van der Waals surface area contributed by atoms with Crippen LogP contribution in [0.25, 0.3) is 0 Å². The van der Waals surface area contributed by atoms with E-state index in [1.165, 1.54) is 25.3 Å². The standard InChI is InChI=1S/C9H9NO5/c1-6-5-7(15-9(11)14-2)3-4-8(6)10(12)13/h3-5H,1-2H3. The number of nitro benzene ring substituents is 1. The minimum Gasteiger partial charge on any atom is -0.437 e. The zero-order valence-electron chi connectivity index (χ0n) is 8.22. The minimum absolute atomic E-state index is 0.0211. The van der Waals surface area contributed by atoms with E-state index in [2.05, 4.69) is 4.74 Å². The molecule has 1 aromatic carbocycles. The van der Waals surface area contributed by atoms with Crippen LogP contribution in [-0.2, 0) is 4.74 Å². The van der Waals surface area contributed by atoms with Crippen LogP contribution < -0.4 is 4.74 Å². The van der Waals surface area contributed by atoms with Gasteiger partial charge in [0.2, 0.25) is 0 Å². The summed E-state index contributed by atoms with van der Waals surface area (Å²) in [4.78, 5) is 20.7. The molecule has 15 heavy (non-hydrogen) atoms. The second kappa shape index (κ2) is 4.41. The molecule has 80 valence electrons. The fourth-order valence-electron chi connectivity index (χ4n) is 1.03. The van der Waals surface area contributed by atoms with Gasteiger partial charge < -0.3 is 9.47 Å². The Labute approximate surface area is 85.6 Å². The molecule has 0 aromatic heterocycles. The Hall–Kier alpha value is -2.11. The molecule has 1 aromatic rings. The van der Waals surface area contributed by atoms with Crippen LogP contribution in [0.1, 0.15) is 5.56 Å². The minimum atomic E-state index is -0.858. The van der Waals surface area contributed by atoms with E-state index in [0.29, 0.717) is 5.56 Å². The van der Waals surface area contributed by atoms with Crippen molar-refractivity contribution in [3.63, 3.8) is 0 Å². The lowest BCUT2D eigenvalue weighted by Crippen LogP contribution is -2.07. The summed E-state index contributed by atoms with van der Waals surface area (Å²) in [5.41, 5.74) is 0.397. The highest BCUT2D eigenvalue weighted by Gasteiger charge is 2.12. The first-order valence-electron chi connectivity index (χ1n) is 4.05. The number of nitro groups is 1. The smallest absolute Gasteiger partial charge is 0.437 e. The monoisotopic (exact) mass is 211 g/mol. The first-order valence-corrected chi connectivity index (χ1v) is 4.05. The van der Waals surface area contributed by atoms with Crippen LogP contribution in [0.4, 0.5) is 10.5 Å². The van der Waals surface area contributed by atoms with Crippen molar-refractivity contribution in [3.05, 3.63) is 33.9 Å². The van der Waals surface area contributed by atoms with Crippen LogP contribution >= 0.6 is 0 Å². The maximum atomic E-state index is 10.7. The van der Waals surface area contributed by atoms with Crippen molar-refractivity contribution in [1.29, 1.82) is 0 Å². The molecule has 0 aliphatic carbocycles. The average molecular weight is 211 g/mol. The molecule has 0 saturated heterocycles. The number of methoxy groups -OCH3 is 1. The van der Waals surface area contributed by atoms with E-state index >= 15 is 0 Å². The number of aryl methyl sites for hydroxylation is 1. The Bertz CT molecular complexity index is 401. The zero-order chi connectivity index (χ0) is 11.4. The average Bonchev–Trinajstić information content (AvgIpc) is 2.17. The van der Waals surface area contributed by atoms with Crippen molar-refractivity contribution < 1.29 is 19.2 Å². The summed E-state index contributed by atoms with van der Waals surface area (Å²) < 4.78 is 8.97. The summed E-state index contributed by atoms with van der Waals surface area (Å²) in [5.74, 6) is 0.213. The summed E-state index contributed by atoms with van der Waals surface area (Å²) in [6, 6.07) is 4.00. The normalized spacial score (nSPS) is 9.47. The predicted octanol–water partition coefficient (Wildman–Crippen LogP) is 2.05. The molecule has 6 heteroatoms. The number of ether oxygens (including phenoxy) is 2. The molecule has 0 spiro atoms. The van der Waals surface area contributed by atoms with Gasteiger partial charge in [0.05, 0.1) is 12.0 Å². The Balaban J connectivity index is 2.91. The van der Waals surface area contributed by atoms with Gasteiger partial charge in [0.15, 0.2) is 0 Å². The number of rotatable bonds is 2. The lowest BCUT2D eigenvalue weighted by atomic mass is 10.2. The van der Waals surface area contributed by atoms with E-state index in [1.807, 2.05) is 0 Å². The number of hydrogen-bond acceptors (Lipinski definition) is 5. The topological polar surface area (TPSA) is 78.7 Å². The van der Waals surface area contributed by atoms with Gasteiger partial charge in [-0.25, -0.2) is 4.79 Å². The van der Waals surface area contributed by atoms with Crippen molar-refractivity contribution >= 4 is 11.8 Å². The second-order valence-electron chi connectivity index (χ2n) is 2.76. The molecule has 1 rings (SSSR count). The first kappa shape index (κ1) is 11.0. The summed E-state index contributed by atoms with van der Waals surface area (Å²) in [6.45, 7) is 1.56. The van der Waals surface area contributed by atoms with Gasteiger partial charge in [0, 0.05) is 11.6 Å². The van der Waals surface area contributed by atoms with Crippen LogP contribution in [0, 0.1) is 17.0 Å². The van der Waals surface area contributed by atoms with Crippen LogP contribution in [0.2, 0.25) is 0 Å². The van der Waals surface area contributed by atoms with Gasteiger partial charge in [-0.05, 0) is 19.1 Å². The van der Waals surface area contributed by atoms with Gasteiger partial charge in [-0.15, -0.1) is 0 Å². The molecule has 0 saturated carbocycles. The van der Waals surface area contributed by atoms with Crippen molar-refractivity contribution in [1.82, 2.24) is 0 Å². The molecule has 0 N–H and O–H groups in total. The van der Waals surface area contributed by atoms with E-state index in [1.54, 1.807) is 6.92 Å². The number of nitrogens with zero attached hydrogens (tertiary/aromatic N) is 1. The Morgan fingerprint density at radius 1 is 1.47 bits per heavy atom. The largest absolute Gasteiger partial charge is 0.513 e. The zero-order valence-corrected chi connectivity index (χ0v) is 8.22. The molecule has 0 unspecified atom stereocenters. The molecule has 0 atom stereocenters. The van der Waals surface area contributed by atoms with Gasteiger partial charge in [-0.1, -0.05) is 0 Å². The third kappa shape index (κ3) is 2.67. The number of carbonyl (C=O) groups is 1. The number of carbonyl (C=O) groups excluding carboxylic acids is 1. The highest BCUT2D eigenvalue weighted by atomic mass is 16.7. The molecule has 6 nitrogen and oxygen atoms in total. The number of hydrogen-bond donors (Lipinski definition) is 0. The molecular weight excluding hydrogens is 202 g/mol. The maximum Gasteiger partial charge on any atom is 0.513 e. The van der Waals surface area contributed by atoms with E-state index < -0.39 is 11.1 Å². The van der Waals surface area contributed by atoms with E-state index in [0.717, 1.165) is 0 Å². The quantitative estimate of drug-likeness (QED) is 0.323. The Morgan fingerprint density at radius 3 is 2.60 bits per heavy atom. The van der Waals surface area contributed by atoms with Gasteiger partial charge >= 0.3 is 6.16 Å². The van der Waals surface area contributed by atoms with E-state index in [-0.39, 0.29) is 11.4 Å². The number of benzene rings is 1. The van der Waals surface area contributed by atoms with Crippen molar-refractivity contribution in [2.24, 2.45) is 0 Å². The Kier molecular flexibility index (Phi) is 3.22. The molecular formula is C9H9NO5. The molecule has 0 amide bonds. The highest BCUT2D eigenvalue weighted by molar-refractivity contribution is 5.64.